The Bertz CT molecular complexity index is 405. The molecule has 2 aliphatic rings. The number of carboxylic acid groups (broad SMARTS) is 1. The van der Waals surface area contributed by atoms with Crippen LogP contribution in [-0.4, -0.2) is 61.4 Å². The SMILES string of the molecule is COCCC1(C(=O)N2CC(OC)CC2CC(=O)O)CCCC1. The first kappa shape index (κ1) is 17.2. The van der Waals surface area contributed by atoms with Crippen LogP contribution in [0.25, 0.3) is 0 Å². The number of carbonyl (C=O) groups is 2. The van der Waals surface area contributed by atoms with Crippen LogP contribution in [0.2, 0.25) is 0 Å². The van der Waals surface area contributed by atoms with Gasteiger partial charge in [-0.25, -0.2) is 0 Å². The van der Waals surface area contributed by atoms with Crippen molar-refractivity contribution in [2.45, 2.75) is 57.1 Å². The monoisotopic (exact) mass is 313 g/mol. The van der Waals surface area contributed by atoms with Crippen LogP contribution in [0.15, 0.2) is 0 Å². The number of ether oxygens (including phenoxy) is 2. The molecule has 1 amide bonds. The fraction of sp³-hybridized carbons (Fsp3) is 0.875. The second-order valence-corrected chi connectivity index (χ2v) is 6.53. The quantitative estimate of drug-likeness (QED) is 0.774. The van der Waals surface area contributed by atoms with E-state index in [4.69, 9.17) is 14.6 Å². The van der Waals surface area contributed by atoms with E-state index in [1.165, 1.54) is 0 Å². The highest BCUT2D eigenvalue weighted by Crippen LogP contribution is 2.44. The van der Waals surface area contributed by atoms with Crippen molar-refractivity contribution in [3.8, 4) is 0 Å². The molecule has 1 saturated heterocycles. The van der Waals surface area contributed by atoms with Gasteiger partial charge in [0.2, 0.25) is 5.91 Å². The molecule has 0 aromatic heterocycles. The molecule has 1 aliphatic carbocycles. The van der Waals surface area contributed by atoms with Crippen molar-refractivity contribution in [1.29, 1.82) is 0 Å². The molecule has 1 N–H and O–H groups in total. The van der Waals surface area contributed by atoms with Crippen LogP contribution in [0.5, 0.6) is 0 Å². The predicted octanol–water partition coefficient (Wildman–Crippen LogP) is 1.67. The first-order valence-electron chi connectivity index (χ1n) is 8.07. The van der Waals surface area contributed by atoms with Gasteiger partial charge in [0.25, 0.3) is 0 Å². The Balaban J connectivity index is 2.14. The molecule has 22 heavy (non-hydrogen) atoms. The van der Waals surface area contributed by atoms with Gasteiger partial charge >= 0.3 is 5.97 Å². The maximum absolute atomic E-state index is 13.2. The van der Waals surface area contributed by atoms with E-state index in [1.54, 1.807) is 19.1 Å². The van der Waals surface area contributed by atoms with Crippen molar-refractivity contribution < 1.29 is 24.2 Å². The van der Waals surface area contributed by atoms with Gasteiger partial charge in [0.05, 0.1) is 17.9 Å². The predicted molar refractivity (Wildman–Crippen MR) is 80.6 cm³/mol. The van der Waals surface area contributed by atoms with Crippen molar-refractivity contribution in [1.82, 2.24) is 4.90 Å². The summed E-state index contributed by atoms with van der Waals surface area (Å²) in [7, 11) is 3.27. The fourth-order valence-electron chi connectivity index (χ4n) is 3.91. The zero-order chi connectivity index (χ0) is 16.2. The van der Waals surface area contributed by atoms with Gasteiger partial charge < -0.3 is 19.5 Å². The number of hydrogen-bond acceptors (Lipinski definition) is 4. The highest BCUT2D eigenvalue weighted by atomic mass is 16.5. The van der Waals surface area contributed by atoms with Crippen LogP contribution in [0.4, 0.5) is 0 Å². The summed E-state index contributed by atoms with van der Waals surface area (Å²) < 4.78 is 10.6. The largest absolute Gasteiger partial charge is 0.481 e. The summed E-state index contributed by atoms with van der Waals surface area (Å²) in [6, 6.07) is -0.255. The lowest BCUT2D eigenvalue weighted by Gasteiger charge is -2.35. The van der Waals surface area contributed by atoms with E-state index >= 15 is 0 Å². The molecule has 6 nitrogen and oxygen atoms in total. The molecule has 1 heterocycles. The fourth-order valence-corrected chi connectivity index (χ4v) is 3.91. The topological polar surface area (TPSA) is 76.1 Å². The second kappa shape index (κ2) is 7.42. The first-order chi connectivity index (χ1) is 10.5. The van der Waals surface area contributed by atoms with Crippen LogP contribution < -0.4 is 0 Å². The Morgan fingerprint density at radius 3 is 2.50 bits per heavy atom. The Labute approximate surface area is 131 Å². The minimum atomic E-state index is -0.864. The molecule has 2 fully saturated rings. The average molecular weight is 313 g/mol. The third-order valence-electron chi connectivity index (χ3n) is 5.18. The van der Waals surface area contributed by atoms with Gasteiger partial charge in [-0.05, 0) is 25.7 Å². The van der Waals surface area contributed by atoms with Crippen LogP contribution in [0, 0.1) is 5.41 Å². The lowest BCUT2D eigenvalue weighted by molar-refractivity contribution is -0.146. The third-order valence-corrected chi connectivity index (χ3v) is 5.18. The van der Waals surface area contributed by atoms with Crippen LogP contribution in [-0.2, 0) is 19.1 Å². The number of nitrogens with zero attached hydrogens (tertiary/aromatic N) is 1. The number of likely N-dealkylation sites (tertiary alicyclic amines) is 1. The first-order valence-corrected chi connectivity index (χ1v) is 8.07. The van der Waals surface area contributed by atoms with E-state index in [0.717, 1.165) is 32.1 Å². The van der Waals surface area contributed by atoms with E-state index in [0.29, 0.717) is 19.6 Å². The number of carbonyl (C=O) groups excluding carboxylic acids is 1. The lowest BCUT2D eigenvalue weighted by atomic mass is 9.81. The van der Waals surface area contributed by atoms with E-state index in [2.05, 4.69) is 0 Å². The van der Waals surface area contributed by atoms with Crippen molar-refractivity contribution in [2.24, 2.45) is 5.41 Å². The summed E-state index contributed by atoms with van der Waals surface area (Å²) in [5, 5.41) is 9.10. The zero-order valence-corrected chi connectivity index (χ0v) is 13.5. The standard InChI is InChI=1S/C16H27NO5/c1-21-8-7-16(5-3-4-6-16)15(20)17-11-13(22-2)9-12(17)10-14(18)19/h12-13H,3-11H2,1-2H3,(H,18,19). The smallest absolute Gasteiger partial charge is 0.305 e. The van der Waals surface area contributed by atoms with Crippen LogP contribution in [0.3, 0.4) is 0 Å². The molecule has 2 unspecified atom stereocenters. The highest BCUT2D eigenvalue weighted by molar-refractivity contribution is 5.84. The van der Waals surface area contributed by atoms with Crippen molar-refractivity contribution in [3.63, 3.8) is 0 Å². The lowest BCUT2D eigenvalue weighted by Crippen LogP contribution is -2.46. The summed E-state index contributed by atoms with van der Waals surface area (Å²) in [4.78, 5) is 26.0. The van der Waals surface area contributed by atoms with E-state index in [9.17, 15) is 9.59 Å². The van der Waals surface area contributed by atoms with Crippen molar-refractivity contribution >= 4 is 11.9 Å². The molecule has 126 valence electrons. The molecule has 0 bridgehead atoms. The minimum absolute atomic E-state index is 0.00798. The molecular weight excluding hydrogens is 286 g/mol. The molecule has 1 aliphatic heterocycles. The van der Waals surface area contributed by atoms with Gasteiger partial charge in [0.15, 0.2) is 0 Å². The van der Waals surface area contributed by atoms with Gasteiger partial charge in [-0.15, -0.1) is 0 Å². The maximum atomic E-state index is 13.2. The Morgan fingerprint density at radius 1 is 1.27 bits per heavy atom. The van der Waals surface area contributed by atoms with Gasteiger partial charge in [-0.2, -0.15) is 0 Å². The molecule has 2 atom stereocenters. The van der Waals surface area contributed by atoms with Crippen molar-refractivity contribution in [3.05, 3.63) is 0 Å². The second-order valence-electron chi connectivity index (χ2n) is 6.53. The van der Waals surface area contributed by atoms with Gasteiger partial charge in [0.1, 0.15) is 0 Å². The number of carboxylic acids is 1. The summed E-state index contributed by atoms with van der Waals surface area (Å²) >= 11 is 0. The summed E-state index contributed by atoms with van der Waals surface area (Å²) in [5.41, 5.74) is -0.366. The number of hydrogen-bond donors (Lipinski definition) is 1. The number of amides is 1. The molecule has 1 saturated carbocycles. The zero-order valence-electron chi connectivity index (χ0n) is 13.5. The van der Waals surface area contributed by atoms with E-state index < -0.39 is 5.97 Å². The highest BCUT2D eigenvalue weighted by Gasteiger charge is 2.47. The molecule has 0 aromatic carbocycles. The van der Waals surface area contributed by atoms with Gasteiger partial charge in [-0.3, -0.25) is 9.59 Å². The molecule has 6 heteroatoms. The third kappa shape index (κ3) is 3.60. The average Bonchev–Trinajstić information content (AvgIpc) is 3.11. The number of rotatable bonds is 7. The summed E-state index contributed by atoms with van der Waals surface area (Å²) in [6.07, 6.45) is 5.12. The van der Waals surface area contributed by atoms with E-state index in [1.807, 2.05) is 0 Å². The molecular formula is C16H27NO5. The molecule has 0 radical (unpaired) electrons. The molecule has 2 rings (SSSR count). The Morgan fingerprint density at radius 2 is 1.95 bits per heavy atom. The maximum Gasteiger partial charge on any atom is 0.305 e. The van der Waals surface area contributed by atoms with Gasteiger partial charge in [0, 0.05) is 33.4 Å². The Hall–Kier alpha value is -1.14. The molecule has 0 spiro atoms. The molecule has 0 aromatic rings. The summed E-state index contributed by atoms with van der Waals surface area (Å²) in [6.45, 7) is 1.07. The number of methoxy groups -OCH3 is 2. The number of aliphatic carboxylic acids is 1. The minimum Gasteiger partial charge on any atom is -0.481 e. The van der Waals surface area contributed by atoms with Crippen LogP contribution >= 0.6 is 0 Å². The van der Waals surface area contributed by atoms with Crippen molar-refractivity contribution in [2.75, 3.05) is 27.4 Å². The Kier molecular flexibility index (Phi) is 5.81. The summed E-state index contributed by atoms with van der Waals surface area (Å²) in [5.74, 6) is -0.759. The van der Waals surface area contributed by atoms with Crippen LogP contribution in [0.1, 0.15) is 44.9 Å². The van der Waals surface area contributed by atoms with E-state index in [-0.39, 0.29) is 29.9 Å². The normalized spacial score (nSPS) is 27.3. The van der Waals surface area contributed by atoms with Gasteiger partial charge in [-0.1, -0.05) is 12.8 Å².